The number of methoxy groups -OCH3 is 1. The van der Waals surface area contributed by atoms with Crippen molar-refractivity contribution in [2.75, 3.05) is 7.11 Å². The molecule has 0 aliphatic rings. The van der Waals surface area contributed by atoms with Crippen molar-refractivity contribution >= 4 is 28.4 Å². The smallest absolute Gasteiger partial charge is 0.417 e. The van der Waals surface area contributed by atoms with Crippen molar-refractivity contribution in [1.29, 1.82) is 0 Å². The van der Waals surface area contributed by atoms with Gasteiger partial charge in [0.05, 0.1) is 23.3 Å². The second-order valence-electron chi connectivity index (χ2n) is 2.80. The summed E-state index contributed by atoms with van der Waals surface area (Å²) < 4.78 is 42.4. The molecule has 0 fully saturated rings. The molecular formula is C9H5Cl2F3O2. The van der Waals surface area contributed by atoms with Crippen molar-refractivity contribution in [2.45, 2.75) is 6.18 Å². The molecule has 0 amide bonds. The van der Waals surface area contributed by atoms with Gasteiger partial charge in [0.25, 0.3) is 5.24 Å². The Kier molecular flexibility index (Phi) is 3.70. The van der Waals surface area contributed by atoms with Crippen molar-refractivity contribution in [2.24, 2.45) is 0 Å². The Morgan fingerprint density at radius 1 is 1.38 bits per heavy atom. The molecule has 0 atom stereocenters. The third-order valence-electron chi connectivity index (χ3n) is 1.80. The molecule has 0 aliphatic heterocycles. The third-order valence-corrected chi connectivity index (χ3v) is 2.29. The summed E-state index contributed by atoms with van der Waals surface area (Å²) in [6, 6.07) is 1.76. The van der Waals surface area contributed by atoms with Crippen LogP contribution in [0, 0.1) is 0 Å². The van der Waals surface area contributed by atoms with Crippen molar-refractivity contribution in [3.05, 3.63) is 28.3 Å². The Bertz CT molecular complexity index is 429. The second kappa shape index (κ2) is 4.51. The van der Waals surface area contributed by atoms with E-state index in [1.165, 1.54) is 7.11 Å². The molecule has 0 aliphatic carbocycles. The molecule has 16 heavy (non-hydrogen) atoms. The summed E-state index contributed by atoms with van der Waals surface area (Å²) in [5, 5.41) is -1.66. The van der Waals surface area contributed by atoms with Crippen LogP contribution in [0.1, 0.15) is 15.9 Å². The largest absolute Gasteiger partial charge is 0.497 e. The van der Waals surface area contributed by atoms with Gasteiger partial charge in [0.15, 0.2) is 0 Å². The van der Waals surface area contributed by atoms with E-state index < -0.39 is 27.6 Å². The summed E-state index contributed by atoms with van der Waals surface area (Å²) in [6.07, 6.45) is -4.72. The van der Waals surface area contributed by atoms with Gasteiger partial charge >= 0.3 is 6.18 Å². The number of halogens is 5. The van der Waals surface area contributed by atoms with Crippen molar-refractivity contribution in [3.63, 3.8) is 0 Å². The summed E-state index contributed by atoms with van der Waals surface area (Å²) in [7, 11) is 1.19. The molecule has 2 nitrogen and oxygen atoms in total. The van der Waals surface area contributed by atoms with Crippen LogP contribution >= 0.6 is 23.2 Å². The maximum atomic E-state index is 12.6. The molecule has 88 valence electrons. The Balaban J connectivity index is 3.53. The van der Waals surface area contributed by atoms with E-state index in [4.69, 9.17) is 23.2 Å². The highest BCUT2D eigenvalue weighted by molar-refractivity contribution is 6.69. The van der Waals surface area contributed by atoms with Crippen LogP contribution in [0.5, 0.6) is 5.75 Å². The highest BCUT2D eigenvalue weighted by atomic mass is 35.5. The van der Waals surface area contributed by atoms with Gasteiger partial charge in [-0.05, 0) is 23.7 Å². The lowest BCUT2D eigenvalue weighted by atomic mass is 10.1. The van der Waals surface area contributed by atoms with Gasteiger partial charge in [0.1, 0.15) is 5.75 Å². The number of benzene rings is 1. The van der Waals surface area contributed by atoms with E-state index in [0.717, 1.165) is 6.07 Å². The quantitative estimate of drug-likeness (QED) is 0.767. The predicted octanol–water partition coefficient (Wildman–Crippen LogP) is 3.75. The van der Waals surface area contributed by atoms with Gasteiger partial charge in [-0.3, -0.25) is 4.79 Å². The van der Waals surface area contributed by atoms with E-state index in [1.807, 2.05) is 0 Å². The second-order valence-corrected chi connectivity index (χ2v) is 3.55. The fourth-order valence-electron chi connectivity index (χ4n) is 1.12. The van der Waals surface area contributed by atoms with Gasteiger partial charge in [0, 0.05) is 0 Å². The van der Waals surface area contributed by atoms with E-state index in [0.29, 0.717) is 6.07 Å². The fraction of sp³-hybridized carbons (Fsp3) is 0.222. The fourth-order valence-corrected chi connectivity index (χ4v) is 1.67. The van der Waals surface area contributed by atoms with Crippen LogP contribution in [0.15, 0.2) is 12.1 Å². The number of hydrogen-bond acceptors (Lipinski definition) is 2. The minimum Gasteiger partial charge on any atom is -0.497 e. The van der Waals surface area contributed by atoms with E-state index in [1.54, 1.807) is 0 Å². The summed E-state index contributed by atoms with van der Waals surface area (Å²) >= 11 is 10.6. The first-order chi connectivity index (χ1) is 7.27. The van der Waals surface area contributed by atoms with E-state index in [-0.39, 0.29) is 5.75 Å². The number of carbonyl (C=O) groups excluding carboxylic acids is 1. The molecule has 1 aromatic carbocycles. The van der Waals surface area contributed by atoms with Gasteiger partial charge in [-0.1, -0.05) is 11.6 Å². The van der Waals surface area contributed by atoms with Gasteiger partial charge in [0.2, 0.25) is 0 Å². The topological polar surface area (TPSA) is 26.3 Å². The number of rotatable bonds is 2. The highest BCUT2D eigenvalue weighted by Gasteiger charge is 2.36. The zero-order valence-electron chi connectivity index (χ0n) is 7.86. The minimum atomic E-state index is -4.72. The average Bonchev–Trinajstić information content (AvgIpc) is 2.14. The SMILES string of the molecule is COc1cc(Cl)c(C(=O)Cl)c(C(F)(F)F)c1. The number of ether oxygens (including phenoxy) is 1. The van der Waals surface area contributed by atoms with E-state index in [9.17, 15) is 18.0 Å². The molecule has 0 N–H and O–H groups in total. The number of alkyl halides is 3. The van der Waals surface area contributed by atoms with Crippen LogP contribution in [0.4, 0.5) is 13.2 Å². The molecule has 0 saturated carbocycles. The third kappa shape index (κ3) is 2.59. The molecule has 7 heteroatoms. The maximum Gasteiger partial charge on any atom is 0.417 e. The number of hydrogen-bond donors (Lipinski definition) is 0. The molecule has 0 unspecified atom stereocenters. The summed E-state index contributed by atoms with van der Waals surface area (Å²) in [6.45, 7) is 0. The first-order valence-electron chi connectivity index (χ1n) is 3.92. The Morgan fingerprint density at radius 3 is 2.31 bits per heavy atom. The Morgan fingerprint density at radius 2 is 1.94 bits per heavy atom. The average molecular weight is 273 g/mol. The van der Waals surface area contributed by atoms with E-state index >= 15 is 0 Å². The standard InChI is InChI=1S/C9H5Cl2F3O2/c1-16-4-2-5(9(12,13)14)7(8(11)15)6(10)3-4/h2-3H,1H3. The first-order valence-corrected chi connectivity index (χ1v) is 4.67. The lowest BCUT2D eigenvalue weighted by molar-refractivity contribution is -0.137. The van der Waals surface area contributed by atoms with Gasteiger partial charge < -0.3 is 4.74 Å². The first kappa shape index (κ1) is 13.1. The lowest BCUT2D eigenvalue weighted by Crippen LogP contribution is -2.11. The van der Waals surface area contributed by atoms with Crippen molar-refractivity contribution in [1.82, 2.24) is 0 Å². The van der Waals surface area contributed by atoms with Crippen molar-refractivity contribution in [3.8, 4) is 5.75 Å². The van der Waals surface area contributed by atoms with Crippen LogP contribution in [0.25, 0.3) is 0 Å². The molecule has 0 saturated heterocycles. The van der Waals surface area contributed by atoms with Gasteiger partial charge in [-0.25, -0.2) is 0 Å². The predicted molar refractivity (Wildman–Crippen MR) is 53.2 cm³/mol. The molecule has 0 spiro atoms. The van der Waals surface area contributed by atoms with Crippen LogP contribution in [0.2, 0.25) is 5.02 Å². The highest BCUT2D eigenvalue weighted by Crippen LogP contribution is 2.38. The maximum absolute atomic E-state index is 12.6. The zero-order valence-corrected chi connectivity index (χ0v) is 9.37. The lowest BCUT2D eigenvalue weighted by Gasteiger charge is -2.13. The molecule has 0 bridgehead atoms. The van der Waals surface area contributed by atoms with Crippen LogP contribution < -0.4 is 4.74 Å². The molecule has 1 aromatic rings. The normalized spacial score (nSPS) is 11.4. The Hall–Kier alpha value is -0.940. The summed E-state index contributed by atoms with van der Waals surface area (Å²) in [5.74, 6) is -0.0982. The van der Waals surface area contributed by atoms with Crippen molar-refractivity contribution < 1.29 is 22.7 Å². The molecule has 0 heterocycles. The monoisotopic (exact) mass is 272 g/mol. The van der Waals surface area contributed by atoms with Crippen LogP contribution in [0.3, 0.4) is 0 Å². The Labute approximate surface area is 98.9 Å². The van der Waals surface area contributed by atoms with Gasteiger partial charge in [-0.15, -0.1) is 0 Å². The summed E-state index contributed by atoms with van der Waals surface area (Å²) in [4.78, 5) is 10.9. The summed E-state index contributed by atoms with van der Waals surface area (Å²) in [5.41, 5.74) is -1.98. The number of carbonyl (C=O) groups is 1. The molecule has 0 aromatic heterocycles. The molecule has 1 rings (SSSR count). The molecule has 0 radical (unpaired) electrons. The molecular weight excluding hydrogens is 268 g/mol. The van der Waals surface area contributed by atoms with Gasteiger partial charge in [-0.2, -0.15) is 13.2 Å². The zero-order chi connectivity index (χ0) is 12.5. The van der Waals surface area contributed by atoms with E-state index in [2.05, 4.69) is 4.74 Å². The minimum absolute atomic E-state index is 0.0982. The van der Waals surface area contributed by atoms with Crippen LogP contribution in [-0.2, 0) is 6.18 Å². The van der Waals surface area contributed by atoms with Crippen LogP contribution in [-0.4, -0.2) is 12.4 Å².